The number of hydrogen-bond donors (Lipinski definition) is 2. The molecule has 0 aliphatic carbocycles. The van der Waals surface area contributed by atoms with Gasteiger partial charge in [-0.1, -0.05) is 24.0 Å². The van der Waals surface area contributed by atoms with Gasteiger partial charge in [0.1, 0.15) is 11.2 Å². The molecule has 3 N–H and O–H groups in total. The highest BCUT2D eigenvalue weighted by molar-refractivity contribution is 6.03. The fraction of sp³-hybridized carbons (Fsp3) is 0.375. The predicted octanol–water partition coefficient (Wildman–Crippen LogP) is 3.47. The van der Waals surface area contributed by atoms with Gasteiger partial charge in [0, 0.05) is 47.4 Å². The normalized spacial score (nSPS) is 22.7. The molecule has 4 aliphatic rings. The second kappa shape index (κ2) is 9.10. The number of piperazine rings is 1. The van der Waals surface area contributed by atoms with Crippen LogP contribution in [0, 0.1) is 30.0 Å². The highest BCUT2D eigenvalue weighted by Crippen LogP contribution is 2.39. The Kier molecular flexibility index (Phi) is 5.44. The van der Waals surface area contributed by atoms with Crippen LogP contribution in [0.25, 0.3) is 33.1 Å². The van der Waals surface area contributed by atoms with Crippen LogP contribution < -0.4 is 16.0 Å². The van der Waals surface area contributed by atoms with Gasteiger partial charge in [-0.2, -0.15) is 0 Å². The van der Waals surface area contributed by atoms with E-state index < -0.39 is 5.82 Å². The lowest BCUT2D eigenvalue weighted by Crippen LogP contribution is -2.44. The Labute approximate surface area is 237 Å². The molecule has 0 spiro atoms. The first-order valence-corrected chi connectivity index (χ1v) is 14.3. The van der Waals surface area contributed by atoms with Gasteiger partial charge in [-0.25, -0.2) is 14.4 Å². The number of nitrogens with zero attached hydrogens (tertiary/aromatic N) is 6. The predicted molar refractivity (Wildman–Crippen MR) is 158 cm³/mol. The van der Waals surface area contributed by atoms with Crippen LogP contribution in [-0.4, -0.2) is 68.9 Å². The lowest BCUT2D eigenvalue weighted by atomic mass is 9.95. The van der Waals surface area contributed by atoms with E-state index in [0.29, 0.717) is 45.4 Å². The summed E-state index contributed by atoms with van der Waals surface area (Å²) < 4.78 is 16.7. The summed E-state index contributed by atoms with van der Waals surface area (Å²) >= 11 is 0. The molecular weight excluding hydrogens is 515 g/mol. The Hall–Kier alpha value is -4.31. The molecule has 2 aromatic heterocycles. The smallest absolute Gasteiger partial charge is 0.207 e. The molecule has 0 radical (unpaired) electrons. The molecule has 6 heterocycles. The zero-order chi connectivity index (χ0) is 27.7. The van der Waals surface area contributed by atoms with E-state index in [4.69, 9.17) is 17.1 Å². The summed E-state index contributed by atoms with van der Waals surface area (Å²) in [5.41, 5.74) is 8.23. The molecule has 4 aromatic rings. The Morgan fingerprint density at radius 2 is 1.95 bits per heavy atom. The van der Waals surface area contributed by atoms with Crippen LogP contribution in [0.5, 0.6) is 0 Å². The zero-order valence-electron chi connectivity index (χ0n) is 22.6. The highest BCUT2D eigenvalue weighted by atomic mass is 19.1. The van der Waals surface area contributed by atoms with Crippen LogP contribution >= 0.6 is 0 Å². The van der Waals surface area contributed by atoms with Crippen molar-refractivity contribution in [2.24, 2.45) is 0 Å². The summed E-state index contributed by atoms with van der Waals surface area (Å²) in [6, 6.07) is 9.76. The number of terminal acetylenes is 1. The standard InChI is InChI=1S/C32H29FN8/c1-2-19-6-3-7-20-14-21(34)15-24(26(19)20)28-27(33)29-30(39-38-28)31(41-18-22-16-23(41)17-35-22)37-25(36-29)8-11-32-9-4-12-40(32)13-5-10-32/h1,3,6-7,14-15,22-23,35H,4-5,9-10,12-13,16-18,34H2/t22-,23-/m0/s1. The third-order valence-corrected chi connectivity index (χ3v) is 9.32. The third-order valence-electron chi connectivity index (χ3n) is 9.32. The highest BCUT2D eigenvalue weighted by Gasteiger charge is 2.43. The summed E-state index contributed by atoms with van der Waals surface area (Å²) in [6.07, 6.45) is 11.2. The zero-order valence-corrected chi connectivity index (χ0v) is 22.6. The van der Waals surface area contributed by atoms with E-state index in [0.717, 1.165) is 63.7 Å². The van der Waals surface area contributed by atoms with Gasteiger partial charge >= 0.3 is 0 Å². The van der Waals surface area contributed by atoms with Crippen LogP contribution in [0.2, 0.25) is 0 Å². The summed E-state index contributed by atoms with van der Waals surface area (Å²) in [7, 11) is 0. The van der Waals surface area contributed by atoms with E-state index in [1.165, 1.54) is 0 Å². The number of anilines is 2. The number of nitrogens with two attached hydrogens (primary N) is 1. The summed E-state index contributed by atoms with van der Waals surface area (Å²) in [4.78, 5) is 14.3. The van der Waals surface area contributed by atoms with E-state index in [-0.39, 0.29) is 22.8 Å². The second-order valence-electron chi connectivity index (χ2n) is 11.7. The van der Waals surface area contributed by atoms with Gasteiger partial charge in [0.05, 0.1) is 5.54 Å². The molecule has 204 valence electrons. The Morgan fingerprint density at radius 3 is 2.71 bits per heavy atom. The fourth-order valence-corrected chi connectivity index (χ4v) is 7.43. The van der Waals surface area contributed by atoms with Crippen molar-refractivity contribution in [3.05, 3.63) is 47.5 Å². The molecule has 9 heteroatoms. The molecule has 41 heavy (non-hydrogen) atoms. The van der Waals surface area contributed by atoms with Crippen molar-refractivity contribution in [2.75, 3.05) is 36.8 Å². The molecule has 4 saturated heterocycles. The molecule has 4 aliphatic heterocycles. The molecule has 2 aromatic carbocycles. The summed E-state index contributed by atoms with van der Waals surface area (Å²) in [6.45, 7) is 3.78. The van der Waals surface area contributed by atoms with Gasteiger partial charge < -0.3 is 16.0 Å². The largest absolute Gasteiger partial charge is 0.399 e. The maximum atomic E-state index is 16.7. The van der Waals surface area contributed by atoms with Crippen molar-refractivity contribution in [2.45, 2.75) is 49.7 Å². The minimum atomic E-state index is -0.579. The lowest BCUT2D eigenvalue weighted by molar-refractivity contribution is 0.261. The first-order valence-electron chi connectivity index (χ1n) is 14.3. The molecule has 0 saturated carbocycles. The van der Waals surface area contributed by atoms with Crippen LogP contribution in [-0.2, 0) is 0 Å². The molecule has 4 fully saturated rings. The van der Waals surface area contributed by atoms with Gasteiger partial charge in [0.25, 0.3) is 0 Å². The van der Waals surface area contributed by atoms with E-state index in [9.17, 15) is 0 Å². The van der Waals surface area contributed by atoms with Gasteiger partial charge in [-0.15, -0.1) is 16.6 Å². The number of fused-ring (bicyclic) bond motifs is 5. The van der Waals surface area contributed by atoms with Crippen LogP contribution in [0.15, 0.2) is 30.3 Å². The number of rotatable bonds is 2. The number of hydrogen-bond acceptors (Lipinski definition) is 8. The third kappa shape index (κ3) is 3.77. The van der Waals surface area contributed by atoms with E-state index in [1.807, 2.05) is 24.3 Å². The second-order valence-corrected chi connectivity index (χ2v) is 11.7. The fourth-order valence-electron chi connectivity index (χ4n) is 7.43. The quantitative estimate of drug-likeness (QED) is 0.293. The summed E-state index contributed by atoms with van der Waals surface area (Å²) in [5.74, 6) is 9.85. The van der Waals surface area contributed by atoms with Crippen molar-refractivity contribution in [3.63, 3.8) is 0 Å². The monoisotopic (exact) mass is 544 g/mol. The SMILES string of the molecule is C#Cc1cccc2cc(N)cc(-c3nnc4c(N5C[C@@H]6C[C@H]5CN6)nc(C#CC56CCCN5CCC6)nc4c3F)c12. The van der Waals surface area contributed by atoms with E-state index >= 15 is 4.39 Å². The number of nitrogens with one attached hydrogen (secondary N) is 1. The maximum absolute atomic E-state index is 16.7. The number of benzene rings is 2. The van der Waals surface area contributed by atoms with Gasteiger partial charge in [0.2, 0.25) is 5.82 Å². The average Bonchev–Trinajstić information content (AvgIpc) is 3.77. The van der Waals surface area contributed by atoms with Gasteiger partial charge in [-0.3, -0.25) is 4.90 Å². The molecule has 8 nitrogen and oxygen atoms in total. The van der Waals surface area contributed by atoms with Crippen molar-refractivity contribution in [1.82, 2.24) is 30.4 Å². The average molecular weight is 545 g/mol. The number of aromatic nitrogens is 4. The molecule has 0 unspecified atom stereocenters. The van der Waals surface area contributed by atoms with Crippen molar-refractivity contribution >= 4 is 33.3 Å². The van der Waals surface area contributed by atoms with Crippen molar-refractivity contribution in [1.29, 1.82) is 0 Å². The first kappa shape index (κ1) is 24.5. The summed E-state index contributed by atoms with van der Waals surface area (Å²) in [5, 5.41) is 14.0. The Balaban J connectivity index is 1.34. The molecule has 2 atom stereocenters. The first-order chi connectivity index (χ1) is 20.0. The lowest BCUT2D eigenvalue weighted by Gasteiger charge is -2.29. The van der Waals surface area contributed by atoms with Crippen molar-refractivity contribution in [3.8, 4) is 35.4 Å². The number of halogens is 1. The van der Waals surface area contributed by atoms with Crippen LogP contribution in [0.4, 0.5) is 15.9 Å². The minimum absolute atomic E-state index is 0.0574. The number of nitrogen functional groups attached to an aromatic ring is 1. The maximum Gasteiger partial charge on any atom is 0.207 e. The molecular formula is C32H29FN8. The van der Waals surface area contributed by atoms with Crippen LogP contribution in [0.3, 0.4) is 0 Å². The minimum Gasteiger partial charge on any atom is -0.399 e. The molecule has 0 amide bonds. The molecule has 8 rings (SSSR count). The van der Waals surface area contributed by atoms with Gasteiger partial charge in [0.15, 0.2) is 17.2 Å². The van der Waals surface area contributed by atoms with Gasteiger partial charge in [-0.05, 0) is 74.7 Å². The molecule has 2 bridgehead atoms. The topological polar surface area (TPSA) is 96.1 Å². The van der Waals surface area contributed by atoms with E-state index in [2.05, 4.69) is 48.1 Å². The van der Waals surface area contributed by atoms with Crippen LogP contribution in [0.1, 0.15) is 43.5 Å². The Bertz CT molecular complexity index is 1840. The van der Waals surface area contributed by atoms with Crippen molar-refractivity contribution < 1.29 is 4.39 Å². The Morgan fingerprint density at radius 1 is 1.10 bits per heavy atom. The van der Waals surface area contributed by atoms with E-state index in [1.54, 1.807) is 6.07 Å².